The molecule has 0 saturated carbocycles. The van der Waals surface area contributed by atoms with Gasteiger partial charge in [-0.05, 0) is 12.8 Å². The maximum atomic E-state index is 11.4. The van der Waals surface area contributed by atoms with Crippen molar-refractivity contribution in [3.63, 3.8) is 0 Å². The number of hydrogen-bond acceptors (Lipinski definition) is 3. The molecule has 1 atom stereocenters. The van der Waals surface area contributed by atoms with Crippen LogP contribution in [0.4, 0.5) is 0 Å². The number of aryl methyl sites for hydroxylation is 1. The molecule has 0 fully saturated rings. The van der Waals surface area contributed by atoms with Crippen molar-refractivity contribution in [1.29, 1.82) is 0 Å². The number of rotatable bonds is 4. The van der Waals surface area contributed by atoms with Crippen LogP contribution in [0.2, 0.25) is 0 Å². The standard InChI is InChI=1S/C9H13BrN2O2/c1-6(4-10)5-11-9(13)8-3-7(2)14-12-8/h3,6H,4-5H2,1-2H3,(H,11,13). The van der Waals surface area contributed by atoms with Gasteiger partial charge in [0.05, 0.1) is 0 Å². The molecule has 0 aromatic carbocycles. The maximum absolute atomic E-state index is 11.4. The monoisotopic (exact) mass is 260 g/mol. The molecule has 14 heavy (non-hydrogen) atoms. The van der Waals surface area contributed by atoms with Gasteiger partial charge >= 0.3 is 0 Å². The van der Waals surface area contributed by atoms with Crippen molar-refractivity contribution in [2.75, 3.05) is 11.9 Å². The van der Waals surface area contributed by atoms with Crippen molar-refractivity contribution in [3.05, 3.63) is 17.5 Å². The second-order valence-corrected chi connectivity index (χ2v) is 3.94. The Morgan fingerprint density at radius 2 is 2.50 bits per heavy atom. The molecule has 1 amide bonds. The van der Waals surface area contributed by atoms with E-state index in [1.54, 1.807) is 13.0 Å². The molecule has 1 N–H and O–H groups in total. The van der Waals surface area contributed by atoms with E-state index in [1.165, 1.54) is 0 Å². The molecule has 1 heterocycles. The Bertz CT molecular complexity index is 312. The summed E-state index contributed by atoms with van der Waals surface area (Å²) in [7, 11) is 0. The predicted octanol–water partition coefficient (Wildman–Crippen LogP) is 1.74. The first-order valence-corrected chi connectivity index (χ1v) is 5.53. The number of nitrogens with zero attached hydrogens (tertiary/aromatic N) is 1. The fraction of sp³-hybridized carbons (Fsp3) is 0.556. The number of aromatic nitrogens is 1. The van der Waals surface area contributed by atoms with Crippen LogP contribution in [0.15, 0.2) is 10.6 Å². The molecule has 1 aromatic rings. The van der Waals surface area contributed by atoms with Crippen molar-refractivity contribution < 1.29 is 9.32 Å². The molecular formula is C9H13BrN2O2. The maximum Gasteiger partial charge on any atom is 0.273 e. The summed E-state index contributed by atoms with van der Waals surface area (Å²) < 4.78 is 4.80. The van der Waals surface area contributed by atoms with Gasteiger partial charge in [-0.25, -0.2) is 0 Å². The topological polar surface area (TPSA) is 55.1 Å². The van der Waals surface area contributed by atoms with Gasteiger partial charge in [-0.2, -0.15) is 0 Å². The van der Waals surface area contributed by atoms with Crippen molar-refractivity contribution in [2.45, 2.75) is 13.8 Å². The molecule has 0 saturated heterocycles. The van der Waals surface area contributed by atoms with Crippen molar-refractivity contribution >= 4 is 21.8 Å². The number of halogens is 1. The zero-order valence-electron chi connectivity index (χ0n) is 8.21. The van der Waals surface area contributed by atoms with Gasteiger partial charge in [-0.1, -0.05) is 28.0 Å². The quantitative estimate of drug-likeness (QED) is 0.840. The largest absolute Gasteiger partial charge is 0.361 e. The van der Waals surface area contributed by atoms with Gasteiger partial charge in [0.1, 0.15) is 5.76 Å². The minimum Gasteiger partial charge on any atom is -0.361 e. The molecule has 4 nitrogen and oxygen atoms in total. The molecule has 1 aromatic heterocycles. The van der Waals surface area contributed by atoms with Crippen molar-refractivity contribution in [1.82, 2.24) is 10.5 Å². The number of nitrogens with one attached hydrogen (secondary N) is 1. The first-order valence-electron chi connectivity index (χ1n) is 4.41. The summed E-state index contributed by atoms with van der Waals surface area (Å²) in [6.45, 7) is 4.43. The molecule has 0 aliphatic rings. The van der Waals surface area contributed by atoms with E-state index in [9.17, 15) is 4.79 Å². The second-order valence-electron chi connectivity index (χ2n) is 3.29. The average Bonchev–Trinajstić information content (AvgIpc) is 2.60. The van der Waals surface area contributed by atoms with E-state index in [2.05, 4.69) is 26.4 Å². The summed E-state index contributed by atoms with van der Waals surface area (Å²) in [6.07, 6.45) is 0. The van der Waals surface area contributed by atoms with Gasteiger partial charge in [-0.3, -0.25) is 4.79 Å². The third-order valence-electron chi connectivity index (χ3n) is 1.74. The number of alkyl halides is 1. The Hall–Kier alpha value is -0.840. The van der Waals surface area contributed by atoms with Crippen LogP contribution in [-0.2, 0) is 0 Å². The van der Waals surface area contributed by atoms with Gasteiger partial charge in [0.2, 0.25) is 0 Å². The molecule has 1 rings (SSSR count). The number of amides is 1. The van der Waals surface area contributed by atoms with Crippen LogP contribution in [0, 0.1) is 12.8 Å². The molecule has 1 unspecified atom stereocenters. The van der Waals surface area contributed by atoms with Gasteiger partial charge < -0.3 is 9.84 Å². The van der Waals surface area contributed by atoms with Gasteiger partial charge in [0.25, 0.3) is 5.91 Å². The summed E-state index contributed by atoms with van der Waals surface area (Å²) >= 11 is 3.34. The van der Waals surface area contributed by atoms with Gasteiger partial charge in [-0.15, -0.1) is 0 Å². The van der Waals surface area contributed by atoms with E-state index in [0.29, 0.717) is 23.9 Å². The molecule has 0 radical (unpaired) electrons. The third kappa shape index (κ3) is 3.14. The van der Waals surface area contributed by atoms with Crippen LogP contribution in [0.25, 0.3) is 0 Å². The van der Waals surface area contributed by atoms with E-state index < -0.39 is 0 Å². The minimum absolute atomic E-state index is 0.186. The smallest absolute Gasteiger partial charge is 0.273 e. The van der Waals surface area contributed by atoms with E-state index in [-0.39, 0.29) is 5.91 Å². The molecule has 0 aliphatic carbocycles. The third-order valence-corrected chi connectivity index (χ3v) is 2.84. The van der Waals surface area contributed by atoms with Crippen molar-refractivity contribution in [2.24, 2.45) is 5.92 Å². The lowest BCUT2D eigenvalue weighted by molar-refractivity contribution is 0.0940. The summed E-state index contributed by atoms with van der Waals surface area (Å²) in [6, 6.07) is 1.62. The van der Waals surface area contributed by atoms with Crippen LogP contribution >= 0.6 is 15.9 Å². The minimum atomic E-state index is -0.186. The first-order chi connectivity index (χ1) is 6.63. The number of carbonyl (C=O) groups excluding carboxylic acids is 1. The van der Waals surface area contributed by atoms with Crippen molar-refractivity contribution in [3.8, 4) is 0 Å². The Labute approximate surface area is 91.2 Å². The van der Waals surface area contributed by atoms with E-state index in [1.807, 2.05) is 6.92 Å². The number of carbonyl (C=O) groups is 1. The lowest BCUT2D eigenvalue weighted by atomic mass is 10.2. The van der Waals surface area contributed by atoms with E-state index in [4.69, 9.17) is 4.52 Å². The molecule has 0 spiro atoms. The fourth-order valence-corrected chi connectivity index (χ4v) is 1.11. The molecule has 5 heteroatoms. The normalized spacial score (nSPS) is 12.5. The Kier molecular flexibility index (Phi) is 4.13. The van der Waals surface area contributed by atoms with Crippen LogP contribution in [0.3, 0.4) is 0 Å². The Balaban J connectivity index is 2.43. The lowest BCUT2D eigenvalue weighted by Crippen LogP contribution is -2.28. The highest BCUT2D eigenvalue weighted by Crippen LogP contribution is 2.02. The highest BCUT2D eigenvalue weighted by Gasteiger charge is 2.11. The predicted molar refractivity (Wildman–Crippen MR) is 56.5 cm³/mol. The number of hydrogen-bond donors (Lipinski definition) is 1. The average molecular weight is 261 g/mol. The zero-order chi connectivity index (χ0) is 10.6. The summed E-state index contributed by atoms with van der Waals surface area (Å²) in [4.78, 5) is 11.4. The summed E-state index contributed by atoms with van der Waals surface area (Å²) in [5.41, 5.74) is 0.337. The van der Waals surface area contributed by atoms with Crippen LogP contribution in [-0.4, -0.2) is 22.9 Å². The second kappa shape index (κ2) is 5.14. The van der Waals surface area contributed by atoms with Crippen LogP contribution in [0.1, 0.15) is 23.2 Å². The molecule has 78 valence electrons. The SMILES string of the molecule is Cc1cc(C(=O)NCC(C)CBr)no1. The van der Waals surface area contributed by atoms with E-state index >= 15 is 0 Å². The first kappa shape index (κ1) is 11.2. The molecule has 0 bridgehead atoms. The molecule has 0 aliphatic heterocycles. The van der Waals surface area contributed by atoms with Gasteiger partial charge in [0, 0.05) is 17.9 Å². The highest BCUT2D eigenvalue weighted by atomic mass is 79.9. The Morgan fingerprint density at radius 3 is 3.00 bits per heavy atom. The van der Waals surface area contributed by atoms with Crippen LogP contribution < -0.4 is 5.32 Å². The lowest BCUT2D eigenvalue weighted by Gasteiger charge is -2.07. The van der Waals surface area contributed by atoms with Crippen LogP contribution in [0.5, 0.6) is 0 Å². The zero-order valence-corrected chi connectivity index (χ0v) is 9.80. The van der Waals surface area contributed by atoms with E-state index in [0.717, 1.165) is 5.33 Å². The summed E-state index contributed by atoms with van der Waals surface area (Å²) in [5.74, 6) is 0.866. The fourth-order valence-electron chi connectivity index (χ4n) is 0.885. The summed E-state index contributed by atoms with van der Waals surface area (Å²) in [5, 5.41) is 7.26. The molecular weight excluding hydrogens is 248 g/mol. The highest BCUT2D eigenvalue weighted by molar-refractivity contribution is 9.09. The Morgan fingerprint density at radius 1 is 1.79 bits per heavy atom. The van der Waals surface area contributed by atoms with Gasteiger partial charge in [0.15, 0.2) is 5.69 Å².